The Labute approximate surface area is 186 Å². The molecular formula is C20H30Cl2N2O6. The van der Waals surface area contributed by atoms with Gasteiger partial charge in [-0.15, -0.1) is 28.3 Å². The standard InChI is InChI=1S/C20H30Cl2N2O6/c1-14(25)30-24(20-19(28)18(27)17(26)13-29-20)10-2-3-15-4-6-16(7-5-15)23(11-8-21)12-9-22/h4-7,17-20,26-28H,2-3,8-13H2,1H3/t17-,18-,19-,20?/m1/s1. The zero-order chi connectivity index (χ0) is 22.1. The van der Waals surface area contributed by atoms with Gasteiger partial charge in [-0.25, -0.2) is 0 Å². The van der Waals surface area contributed by atoms with Gasteiger partial charge in [-0.3, -0.25) is 4.79 Å². The maximum absolute atomic E-state index is 11.5. The largest absolute Gasteiger partial charge is 0.388 e. The minimum atomic E-state index is -1.40. The molecule has 0 saturated carbocycles. The van der Waals surface area contributed by atoms with Crippen LogP contribution >= 0.6 is 23.2 Å². The zero-order valence-electron chi connectivity index (χ0n) is 17.0. The van der Waals surface area contributed by atoms with Crippen LogP contribution in [-0.2, 0) is 20.8 Å². The van der Waals surface area contributed by atoms with Crippen LogP contribution in [0.4, 0.5) is 5.69 Å². The molecule has 1 aliphatic heterocycles. The molecule has 30 heavy (non-hydrogen) atoms. The van der Waals surface area contributed by atoms with Crippen molar-refractivity contribution < 1.29 is 29.7 Å². The van der Waals surface area contributed by atoms with Crippen LogP contribution in [0.15, 0.2) is 24.3 Å². The first kappa shape index (κ1) is 25.1. The third-order valence-electron chi connectivity index (χ3n) is 4.86. The monoisotopic (exact) mass is 464 g/mol. The molecule has 1 saturated heterocycles. The molecule has 3 N–H and O–H groups in total. The van der Waals surface area contributed by atoms with Crippen molar-refractivity contribution in [2.75, 3.05) is 42.9 Å². The van der Waals surface area contributed by atoms with E-state index in [1.54, 1.807) is 0 Å². The zero-order valence-corrected chi connectivity index (χ0v) is 18.5. The van der Waals surface area contributed by atoms with Crippen LogP contribution in [0.1, 0.15) is 18.9 Å². The molecule has 0 aliphatic carbocycles. The van der Waals surface area contributed by atoms with Crippen LogP contribution in [0.25, 0.3) is 0 Å². The van der Waals surface area contributed by atoms with Crippen LogP contribution in [0.2, 0.25) is 0 Å². The molecule has 0 aromatic heterocycles. The molecule has 4 atom stereocenters. The Hall–Kier alpha value is -1.13. The van der Waals surface area contributed by atoms with E-state index in [0.29, 0.717) is 24.6 Å². The van der Waals surface area contributed by atoms with E-state index in [1.807, 2.05) is 24.3 Å². The van der Waals surface area contributed by atoms with Crippen molar-refractivity contribution in [1.82, 2.24) is 5.06 Å². The van der Waals surface area contributed by atoms with Gasteiger partial charge in [0.1, 0.15) is 18.3 Å². The lowest BCUT2D eigenvalue weighted by atomic mass is 10.0. The molecule has 8 nitrogen and oxygen atoms in total. The number of carbonyl (C=O) groups is 1. The number of aliphatic hydroxyl groups excluding tert-OH is 3. The molecule has 1 aromatic carbocycles. The molecule has 0 amide bonds. The van der Waals surface area contributed by atoms with Crippen molar-refractivity contribution >= 4 is 34.9 Å². The van der Waals surface area contributed by atoms with Gasteiger partial charge in [0, 0.05) is 44.0 Å². The van der Waals surface area contributed by atoms with Crippen molar-refractivity contribution in [3.8, 4) is 0 Å². The summed E-state index contributed by atoms with van der Waals surface area (Å²) in [5, 5.41) is 30.9. The second kappa shape index (κ2) is 12.7. The predicted molar refractivity (Wildman–Crippen MR) is 115 cm³/mol. The Morgan fingerprint density at radius 2 is 1.73 bits per heavy atom. The number of ether oxygens (including phenoxy) is 1. The van der Waals surface area contributed by atoms with Crippen molar-refractivity contribution in [3.63, 3.8) is 0 Å². The second-order valence-corrected chi connectivity index (χ2v) is 7.89. The van der Waals surface area contributed by atoms with E-state index in [2.05, 4.69) is 4.90 Å². The van der Waals surface area contributed by atoms with E-state index < -0.39 is 30.5 Å². The van der Waals surface area contributed by atoms with E-state index in [0.717, 1.165) is 24.3 Å². The minimum Gasteiger partial charge on any atom is -0.388 e. The SMILES string of the molecule is CC(=O)ON(CCCc1ccc(N(CCCl)CCCl)cc1)C1OC[C@@H](O)[C@@H](O)[C@H]1O. The summed E-state index contributed by atoms with van der Waals surface area (Å²) in [4.78, 5) is 18.7. The first-order valence-electron chi connectivity index (χ1n) is 9.94. The number of aliphatic hydroxyl groups is 3. The summed E-state index contributed by atoms with van der Waals surface area (Å²) >= 11 is 11.7. The average Bonchev–Trinajstić information content (AvgIpc) is 2.72. The Morgan fingerprint density at radius 3 is 2.30 bits per heavy atom. The summed E-state index contributed by atoms with van der Waals surface area (Å²) in [7, 11) is 0. The third kappa shape index (κ3) is 7.23. The van der Waals surface area contributed by atoms with Crippen molar-refractivity contribution in [2.45, 2.75) is 44.3 Å². The smallest absolute Gasteiger partial charge is 0.322 e. The highest BCUT2D eigenvalue weighted by atomic mass is 35.5. The molecule has 10 heteroatoms. The normalized spacial score (nSPS) is 24.1. The molecule has 2 rings (SSSR count). The van der Waals surface area contributed by atoms with Crippen molar-refractivity contribution in [1.29, 1.82) is 0 Å². The Kier molecular flexibility index (Phi) is 10.6. The average molecular weight is 465 g/mol. The molecule has 170 valence electrons. The number of hydrogen-bond acceptors (Lipinski definition) is 8. The van der Waals surface area contributed by atoms with Crippen LogP contribution in [0, 0.1) is 0 Å². The summed E-state index contributed by atoms with van der Waals surface area (Å²) in [5.41, 5.74) is 2.15. The fraction of sp³-hybridized carbons (Fsp3) is 0.650. The van der Waals surface area contributed by atoms with Crippen LogP contribution in [-0.4, -0.2) is 88.9 Å². The Balaban J connectivity index is 1.94. The van der Waals surface area contributed by atoms with Crippen LogP contribution < -0.4 is 4.90 Å². The summed E-state index contributed by atoms with van der Waals surface area (Å²) in [5.74, 6) is 0.478. The molecule has 1 heterocycles. The second-order valence-electron chi connectivity index (χ2n) is 7.13. The molecule has 0 bridgehead atoms. The maximum Gasteiger partial charge on any atom is 0.322 e. The quantitative estimate of drug-likeness (QED) is 0.330. The number of aryl methyl sites for hydroxylation is 1. The van der Waals surface area contributed by atoms with E-state index in [9.17, 15) is 20.1 Å². The van der Waals surface area contributed by atoms with E-state index >= 15 is 0 Å². The van der Waals surface area contributed by atoms with Gasteiger partial charge in [-0.2, -0.15) is 0 Å². The van der Waals surface area contributed by atoms with Gasteiger partial charge in [0.15, 0.2) is 6.23 Å². The lowest BCUT2D eigenvalue weighted by molar-refractivity contribution is -0.301. The maximum atomic E-state index is 11.5. The third-order valence-corrected chi connectivity index (χ3v) is 5.20. The first-order valence-corrected chi connectivity index (χ1v) is 11.0. The van der Waals surface area contributed by atoms with Gasteiger partial charge < -0.3 is 29.8 Å². The fourth-order valence-electron chi connectivity index (χ4n) is 3.32. The number of rotatable bonds is 11. The van der Waals surface area contributed by atoms with Gasteiger partial charge in [-0.05, 0) is 30.5 Å². The molecule has 1 unspecified atom stereocenters. The van der Waals surface area contributed by atoms with Crippen molar-refractivity contribution in [2.24, 2.45) is 0 Å². The highest BCUT2D eigenvalue weighted by Crippen LogP contribution is 2.21. The van der Waals surface area contributed by atoms with Gasteiger partial charge in [0.05, 0.1) is 6.61 Å². The number of benzene rings is 1. The number of nitrogens with zero attached hydrogens (tertiary/aromatic N) is 2. The Morgan fingerprint density at radius 1 is 1.10 bits per heavy atom. The van der Waals surface area contributed by atoms with E-state index in [4.69, 9.17) is 32.8 Å². The lowest BCUT2D eigenvalue weighted by Gasteiger charge is -2.39. The molecular weight excluding hydrogens is 435 g/mol. The van der Waals surface area contributed by atoms with Gasteiger partial charge in [0.25, 0.3) is 0 Å². The van der Waals surface area contributed by atoms with Crippen LogP contribution in [0.3, 0.4) is 0 Å². The summed E-state index contributed by atoms with van der Waals surface area (Å²) in [6, 6.07) is 8.08. The summed E-state index contributed by atoms with van der Waals surface area (Å²) in [6.07, 6.45) is -3.69. The topological polar surface area (TPSA) is 103 Å². The predicted octanol–water partition coefficient (Wildman–Crippen LogP) is 1.12. The fourth-order valence-corrected chi connectivity index (χ4v) is 3.73. The molecule has 0 spiro atoms. The highest BCUT2D eigenvalue weighted by molar-refractivity contribution is 6.18. The number of anilines is 1. The first-order chi connectivity index (χ1) is 14.4. The van der Waals surface area contributed by atoms with E-state index in [1.165, 1.54) is 12.0 Å². The Bertz CT molecular complexity index is 645. The van der Waals surface area contributed by atoms with Gasteiger partial charge in [-0.1, -0.05) is 12.1 Å². The number of halogens is 2. The van der Waals surface area contributed by atoms with Gasteiger partial charge >= 0.3 is 5.97 Å². The molecule has 0 radical (unpaired) electrons. The summed E-state index contributed by atoms with van der Waals surface area (Å²) < 4.78 is 5.39. The number of hydroxylamine groups is 2. The minimum absolute atomic E-state index is 0.163. The molecule has 1 fully saturated rings. The number of carbonyl (C=O) groups excluding carboxylic acids is 1. The van der Waals surface area contributed by atoms with E-state index in [-0.39, 0.29) is 13.2 Å². The van der Waals surface area contributed by atoms with Gasteiger partial charge in [0.2, 0.25) is 0 Å². The number of hydrogen-bond donors (Lipinski definition) is 3. The highest BCUT2D eigenvalue weighted by Gasteiger charge is 2.41. The molecule has 1 aromatic rings. The van der Waals surface area contributed by atoms with Crippen molar-refractivity contribution in [3.05, 3.63) is 29.8 Å². The summed E-state index contributed by atoms with van der Waals surface area (Å²) in [6.45, 7) is 2.81. The molecule has 1 aliphatic rings. The lowest BCUT2D eigenvalue weighted by Crippen LogP contribution is -2.59. The number of alkyl halides is 2. The van der Waals surface area contributed by atoms with Crippen LogP contribution in [0.5, 0.6) is 0 Å².